The predicted molar refractivity (Wildman–Crippen MR) is 85.8 cm³/mol. The Morgan fingerprint density at radius 1 is 0.850 bits per heavy atom. The summed E-state index contributed by atoms with van der Waals surface area (Å²) in [7, 11) is 0. The summed E-state index contributed by atoms with van der Waals surface area (Å²) in [5.74, 6) is 0. The molecule has 1 aromatic heterocycles. The number of thioether (sulfide) groups is 1. The van der Waals surface area contributed by atoms with Gasteiger partial charge in [-0.3, -0.25) is 0 Å². The first-order valence-electron chi connectivity index (χ1n) is 8.05. The van der Waals surface area contributed by atoms with Crippen LogP contribution >= 0.6 is 11.8 Å². The molecular weight excluding hydrogens is 266 g/mol. The molecule has 0 aromatic carbocycles. The zero-order chi connectivity index (χ0) is 14.0. The number of hydrogen-bond donors (Lipinski definition) is 1. The van der Waals surface area contributed by atoms with Crippen molar-refractivity contribution in [2.45, 2.75) is 80.7 Å². The van der Waals surface area contributed by atoms with Crippen molar-refractivity contribution in [3.05, 3.63) is 18.5 Å². The van der Waals surface area contributed by atoms with Gasteiger partial charge in [-0.1, -0.05) is 63.1 Å². The third-order valence-corrected chi connectivity index (χ3v) is 5.36. The Bertz CT molecular complexity index is 358. The minimum atomic E-state index is 0.281. The molecule has 20 heavy (non-hydrogen) atoms. The highest BCUT2D eigenvalue weighted by molar-refractivity contribution is 7.99. The van der Waals surface area contributed by atoms with E-state index in [0.717, 1.165) is 11.6 Å². The molecule has 2 atom stereocenters. The van der Waals surface area contributed by atoms with Gasteiger partial charge in [-0.2, -0.15) is 0 Å². The summed E-state index contributed by atoms with van der Waals surface area (Å²) in [5.41, 5.74) is 6.43. The van der Waals surface area contributed by atoms with Crippen LogP contribution in [0.5, 0.6) is 0 Å². The Hall–Kier alpha value is -0.610. The molecule has 2 rings (SSSR count). The van der Waals surface area contributed by atoms with Gasteiger partial charge in [0.15, 0.2) is 5.16 Å². The number of rotatable bonds is 2. The van der Waals surface area contributed by atoms with Crippen LogP contribution in [0.15, 0.2) is 23.6 Å². The van der Waals surface area contributed by atoms with Crippen LogP contribution in [0.25, 0.3) is 0 Å². The summed E-state index contributed by atoms with van der Waals surface area (Å²) in [4.78, 5) is 8.67. The van der Waals surface area contributed by atoms with Crippen LogP contribution in [0.3, 0.4) is 0 Å². The van der Waals surface area contributed by atoms with Crippen molar-refractivity contribution in [3.63, 3.8) is 0 Å². The zero-order valence-corrected chi connectivity index (χ0v) is 13.2. The van der Waals surface area contributed by atoms with Crippen molar-refractivity contribution in [3.8, 4) is 0 Å². The number of nitrogens with two attached hydrogens (primary N) is 1. The van der Waals surface area contributed by atoms with Gasteiger partial charge in [0.2, 0.25) is 0 Å². The average molecular weight is 293 g/mol. The van der Waals surface area contributed by atoms with E-state index in [1.165, 1.54) is 57.8 Å². The fraction of sp³-hybridized carbons (Fsp3) is 0.750. The Morgan fingerprint density at radius 3 is 2.05 bits per heavy atom. The van der Waals surface area contributed by atoms with Crippen molar-refractivity contribution >= 4 is 11.8 Å². The van der Waals surface area contributed by atoms with Crippen molar-refractivity contribution < 1.29 is 0 Å². The molecule has 112 valence electrons. The molecule has 3 nitrogen and oxygen atoms in total. The third-order valence-electron chi connectivity index (χ3n) is 4.05. The molecule has 1 aliphatic rings. The Kier molecular flexibility index (Phi) is 7.37. The van der Waals surface area contributed by atoms with Gasteiger partial charge in [0.05, 0.1) is 0 Å². The van der Waals surface area contributed by atoms with E-state index in [2.05, 4.69) is 9.97 Å². The van der Waals surface area contributed by atoms with Gasteiger partial charge in [0.25, 0.3) is 0 Å². The lowest BCUT2D eigenvalue weighted by Crippen LogP contribution is -2.32. The highest BCUT2D eigenvalue weighted by Gasteiger charge is 2.20. The molecule has 0 bridgehead atoms. The van der Waals surface area contributed by atoms with E-state index in [1.54, 1.807) is 11.8 Å². The summed E-state index contributed by atoms with van der Waals surface area (Å²) in [5, 5.41) is 1.34. The molecule has 1 saturated carbocycles. The highest BCUT2D eigenvalue weighted by atomic mass is 32.2. The van der Waals surface area contributed by atoms with Crippen molar-refractivity contribution in [2.75, 3.05) is 0 Å². The number of hydrogen-bond acceptors (Lipinski definition) is 4. The Balaban J connectivity index is 1.90. The lowest BCUT2D eigenvalue weighted by molar-refractivity contribution is 0.473. The smallest absolute Gasteiger partial charge is 0.187 e. The van der Waals surface area contributed by atoms with E-state index >= 15 is 0 Å². The van der Waals surface area contributed by atoms with E-state index in [1.807, 2.05) is 18.5 Å². The molecule has 0 aliphatic heterocycles. The molecule has 0 saturated heterocycles. The molecule has 1 fully saturated rings. The first kappa shape index (κ1) is 15.8. The Labute approximate surface area is 127 Å². The first-order valence-corrected chi connectivity index (χ1v) is 8.93. The van der Waals surface area contributed by atoms with Gasteiger partial charge in [0.1, 0.15) is 0 Å². The van der Waals surface area contributed by atoms with Crippen LogP contribution in [0, 0.1) is 0 Å². The molecule has 2 N–H and O–H groups in total. The summed E-state index contributed by atoms with van der Waals surface area (Å²) in [6.07, 6.45) is 16.8. The van der Waals surface area contributed by atoms with Crippen molar-refractivity contribution in [2.24, 2.45) is 5.73 Å². The fourth-order valence-electron chi connectivity index (χ4n) is 2.81. The maximum atomic E-state index is 6.43. The maximum Gasteiger partial charge on any atom is 0.187 e. The van der Waals surface area contributed by atoms with E-state index in [4.69, 9.17) is 5.73 Å². The summed E-state index contributed by atoms with van der Waals surface area (Å²) >= 11 is 1.78. The molecule has 0 radical (unpaired) electrons. The molecule has 1 heterocycles. The van der Waals surface area contributed by atoms with Gasteiger partial charge >= 0.3 is 0 Å². The van der Waals surface area contributed by atoms with Crippen LogP contribution in [-0.2, 0) is 0 Å². The van der Waals surface area contributed by atoms with Crippen molar-refractivity contribution in [1.29, 1.82) is 0 Å². The second-order valence-corrected chi connectivity index (χ2v) is 6.96. The molecule has 2 unspecified atom stereocenters. The second-order valence-electron chi connectivity index (χ2n) is 5.76. The van der Waals surface area contributed by atoms with Gasteiger partial charge in [-0.15, -0.1) is 0 Å². The lowest BCUT2D eigenvalue weighted by Gasteiger charge is -2.23. The lowest BCUT2D eigenvalue weighted by atomic mass is 9.98. The molecular formula is C16H27N3S. The van der Waals surface area contributed by atoms with Gasteiger partial charge < -0.3 is 5.73 Å². The van der Waals surface area contributed by atoms with Crippen LogP contribution in [0.4, 0.5) is 0 Å². The van der Waals surface area contributed by atoms with E-state index in [9.17, 15) is 0 Å². The standard InChI is InChI=1S/C16H27N3S/c17-14-10-7-5-3-1-2-4-6-8-11-15(14)20-16-18-12-9-13-19-16/h9,12-15H,1-8,10-11,17H2. The molecule has 1 aromatic rings. The van der Waals surface area contributed by atoms with E-state index in [0.29, 0.717) is 5.25 Å². The topological polar surface area (TPSA) is 51.8 Å². The largest absolute Gasteiger partial charge is 0.327 e. The summed E-state index contributed by atoms with van der Waals surface area (Å²) in [6, 6.07) is 2.15. The van der Waals surface area contributed by atoms with E-state index in [-0.39, 0.29) is 6.04 Å². The van der Waals surface area contributed by atoms with Gasteiger partial charge in [0, 0.05) is 23.7 Å². The average Bonchev–Trinajstić information content (AvgIpc) is 2.47. The second kappa shape index (κ2) is 9.35. The minimum Gasteiger partial charge on any atom is -0.327 e. The van der Waals surface area contributed by atoms with Gasteiger partial charge in [-0.05, 0) is 18.9 Å². The van der Waals surface area contributed by atoms with E-state index < -0.39 is 0 Å². The number of nitrogens with zero attached hydrogens (tertiary/aromatic N) is 2. The normalized spacial score (nSPS) is 26.4. The maximum absolute atomic E-state index is 6.43. The Morgan fingerprint density at radius 2 is 1.40 bits per heavy atom. The minimum absolute atomic E-state index is 0.281. The molecule has 0 spiro atoms. The van der Waals surface area contributed by atoms with Crippen LogP contribution < -0.4 is 5.73 Å². The fourth-order valence-corrected chi connectivity index (χ4v) is 3.92. The molecule has 0 amide bonds. The zero-order valence-electron chi connectivity index (χ0n) is 12.3. The monoisotopic (exact) mass is 293 g/mol. The quantitative estimate of drug-likeness (QED) is 0.831. The SMILES string of the molecule is NC1CCCCCCCCCCC1Sc1ncccn1. The highest BCUT2D eigenvalue weighted by Crippen LogP contribution is 2.28. The number of aromatic nitrogens is 2. The van der Waals surface area contributed by atoms with Gasteiger partial charge in [-0.25, -0.2) is 9.97 Å². The summed E-state index contributed by atoms with van der Waals surface area (Å²) in [6.45, 7) is 0. The predicted octanol–water partition coefficient (Wildman–Crippen LogP) is 4.18. The van der Waals surface area contributed by atoms with Crippen LogP contribution in [-0.4, -0.2) is 21.3 Å². The van der Waals surface area contributed by atoms with Crippen LogP contribution in [0.1, 0.15) is 64.2 Å². The van der Waals surface area contributed by atoms with Crippen molar-refractivity contribution in [1.82, 2.24) is 9.97 Å². The summed E-state index contributed by atoms with van der Waals surface area (Å²) < 4.78 is 0. The third kappa shape index (κ3) is 5.80. The molecule has 4 heteroatoms. The van der Waals surface area contributed by atoms with Crippen LogP contribution in [0.2, 0.25) is 0 Å². The molecule has 1 aliphatic carbocycles. The first-order chi connectivity index (χ1) is 9.86.